The Balaban J connectivity index is 1.78. The lowest BCUT2D eigenvalue weighted by atomic mass is 9.76. The molecule has 1 heterocycles. The molecule has 2 N–H and O–H groups in total. The predicted molar refractivity (Wildman–Crippen MR) is 92.4 cm³/mol. The van der Waals surface area contributed by atoms with Crippen molar-refractivity contribution in [3.05, 3.63) is 59.5 Å². The van der Waals surface area contributed by atoms with E-state index < -0.39 is 11.7 Å². The van der Waals surface area contributed by atoms with Gasteiger partial charge in [-0.3, -0.25) is 5.10 Å². The molecule has 0 fully saturated rings. The van der Waals surface area contributed by atoms with Gasteiger partial charge in [0.05, 0.1) is 6.20 Å². The van der Waals surface area contributed by atoms with Crippen molar-refractivity contribution in [2.45, 2.75) is 25.7 Å². The number of aromatic nitrogens is 2. The molecule has 0 spiro atoms. The second kappa shape index (κ2) is 7.71. The van der Waals surface area contributed by atoms with E-state index in [-0.39, 0.29) is 18.3 Å². The van der Waals surface area contributed by atoms with Crippen LogP contribution in [0.5, 0.6) is 0 Å². The number of aromatic amines is 1. The third-order valence-corrected chi connectivity index (χ3v) is 4.91. The molecule has 0 aromatic carbocycles. The van der Waals surface area contributed by atoms with Crippen molar-refractivity contribution in [2.24, 2.45) is 11.8 Å². The maximum absolute atomic E-state index is 13.7. The van der Waals surface area contributed by atoms with Gasteiger partial charge in [-0.05, 0) is 56.3 Å². The minimum Gasteiger partial charge on any atom is -0.320 e. The van der Waals surface area contributed by atoms with Gasteiger partial charge in [-0.1, -0.05) is 23.8 Å². The summed E-state index contributed by atoms with van der Waals surface area (Å²) in [7, 11) is 1.92. The highest BCUT2D eigenvalue weighted by molar-refractivity contribution is 5.67. The van der Waals surface area contributed by atoms with Crippen LogP contribution in [0.1, 0.15) is 31.2 Å². The lowest BCUT2D eigenvalue weighted by molar-refractivity contribution is 0.365. The van der Waals surface area contributed by atoms with Crippen LogP contribution in [-0.4, -0.2) is 23.8 Å². The van der Waals surface area contributed by atoms with E-state index in [2.05, 4.69) is 27.7 Å². The van der Waals surface area contributed by atoms with E-state index in [1.54, 1.807) is 0 Å². The molecule has 0 saturated heterocycles. The number of H-pyrrole nitrogens is 1. The monoisotopic (exact) mass is 331 g/mol. The topological polar surface area (TPSA) is 40.7 Å². The van der Waals surface area contributed by atoms with Crippen LogP contribution in [0.25, 0.3) is 5.57 Å². The van der Waals surface area contributed by atoms with Crippen LogP contribution in [0.15, 0.2) is 53.9 Å². The Bertz CT molecular complexity index is 683. The summed E-state index contributed by atoms with van der Waals surface area (Å²) in [6.45, 7) is 0.860. The van der Waals surface area contributed by atoms with Crippen molar-refractivity contribution >= 4 is 5.57 Å². The summed E-state index contributed by atoms with van der Waals surface area (Å²) in [5.74, 6) is -1.09. The van der Waals surface area contributed by atoms with Gasteiger partial charge >= 0.3 is 0 Å². The van der Waals surface area contributed by atoms with Gasteiger partial charge in [-0.2, -0.15) is 5.10 Å². The molecule has 1 aromatic heterocycles. The molecular formula is C19H23F2N3. The molecule has 3 rings (SSSR count). The first kappa shape index (κ1) is 16.8. The summed E-state index contributed by atoms with van der Waals surface area (Å²) < 4.78 is 27.0. The summed E-state index contributed by atoms with van der Waals surface area (Å²) >= 11 is 0. The Hall–Kier alpha value is -2.01. The zero-order chi connectivity index (χ0) is 16.9. The van der Waals surface area contributed by atoms with Crippen LogP contribution in [0.2, 0.25) is 0 Å². The first-order valence-corrected chi connectivity index (χ1v) is 8.44. The molecule has 0 radical (unpaired) electrons. The molecule has 128 valence electrons. The van der Waals surface area contributed by atoms with Crippen LogP contribution < -0.4 is 5.32 Å². The quantitative estimate of drug-likeness (QED) is 0.808. The minimum atomic E-state index is -0.724. The van der Waals surface area contributed by atoms with Crippen LogP contribution >= 0.6 is 0 Å². The molecule has 0 saturated carbocycles. The average Bonchev–Trinajstić information content (AvgIpc) is 3.13. The van der Waals surface area contributed by atoms with Crippen LogP contribution in [-0.2, 0) is 0 Å². The number of hydrogen-bond acceptors (Lipinski definition) is 2. The van der Waals surface area contributed by atoms with Gasteiger partial charge in [0.1, 0.15) is 5.83 Å². The molecule has 2 unspecified atom stereocenters. The summed E-state index contributed by atoms with van der Waals surface area (Å²) in [6, 6.07) is 0. The highest BCUT2D eigenvalue weighted by Gasteiger charge is 2.28. The number of rotatable bonds is 6. The summed E-state index contributed by atoms with van der Waals surface area (Å²) in [6.07, 6.45) is 14.1. The van der Waals surface area contributed by atoms with E-state index in [1.807, 2.05) is 25.5 Å². The summed E-state index contributed by atoms with van der Waals surface area (Å²) in [5.41, 5.74) is 3.70. The zero-order valence-corrected chi connectivity index (χ0v) is 13.9. The minimum absolute atomic E-state index is 0.0213. The Morgan fingerprint density at radius 2 is 2.21 bits per heavy atom. The Morgan fingerprint density at radius 3 is 2.83 bits per heavy atom. The highest BCUT2D eigenvalue weighted by atomic mass is 19.2. The second-order valence-electron chi connectivity index (χ2n) is 6.40. The SMILES string of the molecule is CNCCC(C1=CC=C(c2cn[nH]c2)CC1)C1C=CC(F)=C(F)C1. The molecule has 1 aromatic rings. The third kappa shape index (κ3) is 3.73. The Kier molecular flexibility index (Phi) is 5.41. The standard InChI is InChI=1S/C19H23F2N3/c1-22-9-8-17(15-6-7-18(20)19(21)10-15)14-4-2-13(3-5-14)16-11-23-24-12-16/h2,4,6-7,11-12,15,17,22H,3,5,8-10H2,1H3,(H,23,24). The molecule has 2 atom stereocenters. The second-order valence-corrected chi connectivity index (χ2v) is 6.40. The Labute approximate surface area is 141 Å². The molecule has 5 heteroatoms. The molecule has 0 aliphatic heterocycles. The smallest absolute Gasteiger partial charge is 0.154 e. The van der Waals surface area contributed by atoms with Gasteiger partial charge in [-0.25, -0.2) is 8.78 Å². The normalized spacial score (nSPS) is 22.4. The fourth-order valence-electron chi connectivity index (χ4n) is 3.55. The molecule has 3 nitrogen and oxygen atoms in total. The molecule has 0 amide bonds. The van der Waals surface area contributed by atoms with Gasteiger partial charge < -0.3 is 5.32 Å². The zero-order valence-electron chi connectivity index (χ0n) is 13.9. The van der Waals surface area contributed by atoms with Crippen molar-refractivity contribution in [1.82, 2.24) is 15.5 Å². The van der Waals surface area contributed by atoms with Gasteiger partial charge in [0, 0.05) is 18.2 Å². The number of nitrogens with one attached hydrogen (secondary N) is 2. The van der Waals surface area contributed by atoms with E-state index in [0.29, 0.717) is 0 Å². The average molecular weight is 331 g/mol. The molecule has 24 heavy (non-hydrogen) atoms. The van der Waals surface area contributed by atoms with Gasteiger partial charge in [-0.15, -0.1) is 0 Å². The van der Waals surface area contributed by atoms with E-state index in [1.165, 1.54) is 17.2 Å². The number of halogens is 2. The maximum Gasteiger partial charge on any atom is 0.154 e. The lowest BCUT2D eigenvalue weighted by Gasteiger charge is -2.30. The predicted octanol–water partition coefficient (Wildman–Crippen LogP) is 4.47. The van der Waals surface area contributed by atoms with Gasteiger partial charge in [0.25, 0.3) is 0 Å². The van der Waals surface area contributed by atoms with Crippen molar-refractivity contribution < 1.29 is 8.78 Å². The van der Waals surface area contributed by atoms with Crippen LogP contribution in [0.4, 0.5) is 8.78 Å². The van der Waals surface area contributed by atoms with Crippen molar-refractivity contribution in [1.29, 1.82) is 0 Å². The molecular weight excluding hydrogens is 308 g/mol. The molecule has 2 aliphatic rings. The maximum atomic E-state index is 13.7. The lowest BCUT2D eigenvalue weighted by Crippen LogP contribution is -2.23. The number of nitrogens with zero attached hydrogens (tertiary/aromatic N) is 1. The fraction of sp³-hybridized carbons (Fsp3) is 0.421. The van der Waals surface area contributed by atoms with Crippen LogP contribution in [0.3, 0.4) is 0 Å². The van der Waals surface area contributed by atoms with E-state index in [9.17, 15) is 8.78 Å². The molecule has 2 aliphatic carbocycles. The van der Waals surface area contributed by atoms with Crippen molar-refractivity contribution in [3.63, 3.8) is 0 Å². The summed E-state index contributed by atoms with van der Waals surface area (Å²) in [4.78, 5) is 0. The van der Waals surface area contributed by atoms with E-state index in [4.69, 9.17) is 0 Å². The van der Waals surface area contributed by atoms with Gasteiger partial charge in [0.2, 0.25) is 0 Å². The first-order chi connectivity index (χ1) is 11.7. The largest absolute Gasteiger partial charge is 0.320 e. The van der Waals surface area contributed by atoms with Crippen molar-refractivity contribution in [2.75, 3.05) is 13.6 Å². The van der Waals surface area contributed by atoms with Gasteiger partial charge in [0.15, 0.2) is 5.83 Å². The van der Waals surface area contributed by atoms with Crippen LogP contribution in [0, 0.1) is 11.8 Å². The number of allylic oxidation sites excluding steroid dienone is 8. The van der Waals surface area contributed by atoms with E-state index in [0.717, 1.165) is 31.4 Å². The van der Waals surface area contributed by atoms with E-state index >= 15 is 0 Å². The number of hydrogen-bond donors (Lipinski definition) is 2. The Morgan fingerprint density at radius 1 is 1.33 bits per heavy atom. The molecule has 0 bridgehead atoms. The first-order valence-electron chi connectivity index (χ1n) is 8.44. The fourth-order valence-corrected chi connectivity index (χ4v) is 3.55. The summed E-state index contributed by atoms with van der Waals surface area (Å²) in [5, 5.41) is 10.0. The highest BCUT2D eigenvalue weighted by Crippen LogP contribution is 2.39. The van der Waals surface area contributed by atoms with Crippen molar-refractivity contribution in [3.8, 4) is 0 Å². The third-order valence-electron chi connectivity index (χ3n) is 4.91.